The van der Waals surface area contributed by atoms with Gasteiger partial charge in [0.1, 0.15) is 11.6 Å². The molecule has 0 aliphatic carbocycles. The number of carbonyl (C=O) groups excluding carboxylic acids is 1. The number of nitrogens with one attached hydrogen (secondary N) is 2. The third kappa shape index (κ3) is 7.18. The van der Waals surface area contributed by atoms with Gasteiger partial charge >= 0.3 is 0 Å². The van der Waals surface area contributed by atoms with Crippen LogP contribution in [0.4, 0.5) is 10.1 Å². The van der Waals surface area contributed by atoms with E-state index in [2.05, 4.69) is 14.9 Å². The van der Waals surface area contributed by atoms with E-state index < -0.39 is 15.8 Å². The van der Waals surface area contributed by atoms with Gasteiger partial charge in [0.2, 0.25) is 0 Å². The van der Waals surface area contributed by atoms with Crippen molar-refractivity contribution >= 4 is 21.6 Å². The number of nitrogens with zero attached hydrogens (tertiary/aromatic N) is 1. The highest BCUT2D eigenvalue weighted by atomic mass is 32.2. The Morgan fingerprint density at radius 2 is 1.88 bits per heavy atom. The fraction of sp³-hybridized carbons (Fsp3) is 0.409. The zero-order valence-corrected chi connectivity index (χ0v) is 18.8. The monoisotopic (exact) mass is 465 g/mol. The Labute approximate surface area is 187 Å². The standard InChI is InChI=1S/C22H28FN3O5S/c1-17-15-20(32(28,29)25-19-5-3-18(23)4-6-19)7-8-21(17)31-16-22(27)24-9-2-10-26-11-13-30-14-12-26/h3-8,15,25H,2,9-14,16H2,1H3,(H,24,27). The number of benzene rings is 2. The third-order valence-corrected chi connectivity index (χ3v) is 6.37. The number of rotatable bonds is 10. The molecule has 174 valence electrons. The lowest BCUT2D eigenvalue weighted by Crippen LogP contribution is -2.38. The first-order valence-electron chi connectivity index (χ1n) is 10.4. The lowest BCUT2D eigenvalue weighted by molar-refractivity contribution is -0.123. The van der Waals surface area contributed by atoms with Crippen LogP contribution in [0.25, 0.3) is 0 Å². The van der Waals surface area contributed by atoms with Gasteiger partial charge in [-0.25, -0.2) is 12.8 Å². The molecule has 2 N–H and O–H groups in total. The molecule has 1 amide bonds. The summed E-state index contributed by atoms with van der Waals surface area (Å²) in [5, 5.41) is 2.82. The second-order valence-electron chi connectivity index (χ2n) is 7.49. The SMILES string of the molecule is Cc1cc(S(=O)(=O)Nc2ccc(F)cc2)ccc1OCC(=O)NCCCN1CCOCC1. The van der Waals surface area contributed by atoms with Crippen molar-refractivity contribution in [2.24, 2.45) is 0 Å². The summed E-state index contributed by atoms with van der Waals surface area (Å²) in [5.74, 6) is -0.262. The minimum Gasteiger partial charge on any atom is -0.484 e. The Morgan fingerprint density at radius 1 is 1.16 bits per heavy atom. The summed E-state index contributed by atoms with van der Waals surface area (Å²) in [6.45, 7) is 6.36. The molecule has 8 nitrogen and oxygen atoms in total. The van der Waals surface area contributed by atoms with Crippen molar-refractivity contribution in [3.05, 3.63) is 53.8 Å². The molecule has 0 radical (unpaired) electrons. The molecule has 2 aromatic carbocycles. The summed E-state index contributed by atoms with van der Waals surface area (Å²) in [5.41, 5.74) is 0.835. The van der Waals surface area contributed by atoms with Crippen LogP contribution >= 0.6 is 0 Å². The molecule has 0 spiro atoms. The maximum atomic E-state index is 13.0. The minimum atomic E-state index is -3.84. The van der Waals surface area contributed by atoms with Gasteiger partial charge in [0.25, 0.3) is 15.9 Å². The predicted molar refractivity (Wildman–Crippen MR) is 119 cm³/mol. The first-order valence-corrected chi connectivity index (χ1v) is 11.9. The predicted octanol–water partition coefficient (Wildman–Crippen LogP) is 2.15. The van der Waals surface area contributed by atoms with Crippen LogP contribution < -0.4 is 14.8 Å². The summed E-state index contributed by atoms with van der Waals surface area (Å²) in [4.78, 5) is 14.4. The summed E-state index contributed by atoms with van der Waals surface area (Å²) < 4.78 is 51.4. The molecule has 32 heavy (non-hydrogen) atoms. The lowest BCUT2D eigenvalue weighted by atomic mass is 10.2. The number of hydrogen-bond acceptors (Lipinski definition) is 6. The first kappa shape index (κ1) is 24.0. The van der Waals surface area contributed by atoms with Crippen molar-refractivity contribution in [3.63, 3.8) is 0 Å². The van der Waals surface area contributed by atoms with Gasteiger partial charge in [-0.05, 0) is 67.9 Å². The van der Waals surface area contributed by atoms with Crippen LogP contribution in [0.3, 0.4) is 0 Å². The van der Waals surface area contributed by atoms with E-state index in [1.54, 1.807) is 6.92 Å². The average molecular weight is 466 g/mol. The van der Waals surface area contributed by atoms with Gasteiger partial charge < -0.3 is 14.8 Å². The van der Waals surface area contributed by atoms with E-state index in [0.717, 1.165) is 39.3 Å². The molecule has 0 bridgehead atoms. The van der Waals surface area contributed by atoms with Crippen molar-refractivity contribution in [2.75, 3.05) is 50.7 Å². The van der Waals surface area contributed by atoms with Gasteiger partial charge in [-0.15, -0.1) is 0 Å². The van der Waals surface area contributed by atoms with E-state index >= 15 is 0 Å². The normalized spacial score (nSPS) is 14.7. The Bertz CT molecular complexity index is 1010. The number of sulfonamides is 1. The van der Waals surface area contributed by atoms with Gasteiger partial charge in [-0.2, -0.15) is 0 Å². The summed E-state index contributed by atoms with van der Waals surface area (Å²) in [6, 6.07) is 9.41. The van der Waals surface area contributed by atoms with Crippen molar-refractivity contribution < 1.29 is 27.1 Å². The van der Waals surface area contributed by atoms with Crippen LogP contribution in [0.15, 0.2) is 47.4 Å². The fourth-order valence-corrected chi connectivity index (χ4v) is 4.38. The van der Waals surface area contributed by atoms with E-state index in [1.165, 1.54) is 42.5 Å². The molecular formula is C22H28FN3O5S. The fourth-order valence-electron chi connectivity index (χ4n) is 3.23. The molecule has 1 fully saturated rings. The number of carbonyl (C=O) groups is 1. The Kier molecular flexibility index (Phi) is 8.43. The molecule has 1 saturated heterocycles. The highest BCUT2D eigenvalue weighted by Gasteiger charge is 2.16. The number of halogens is 1. The van der Waals surface area contributed by atoms with Crippen LogP contribution in [0.5, 0.6) is 5.75 Å². The molecule has 3 rings (SSSR count). The van der Waals surface area contributed by atoms with Crippen molar-refractivity contribution in [2.45, 2.75) is 18.2 Å². The van der Waals surface area contributed by atoms with Crippen LogP contribution in [-0.4, -0.2) is 65.2 Å². The molecule has 1 aliphatic heterocycles. The maximum absolute atomic E-state index is 13.0. The highest BCUT2D eigenvalue weighted by Crippen LogP contribution is 2.23. The molecule has 0 aromatic heterocycles. The van der Waals surface area contributed by atoms with Gasteiger partial charge in [0.15, 0.2) is 6.61 Å². The largest absolute Gasteiger partial charge is 0.484 e. The summed E-state index contributed by atoms with van der Waals surface area (Å²) in [6.07, 6.45) is 0.846. The number of hydrogen-bond donors (Lipinski definition) is 2. The second kappa shape index (κ2) is 11.3. The van der Waals surface area contributed by atoms with E-state index in [4.69, 9.17) is 9.47 Å². The van der Waals surface area contributed by atoms with Gasteiger partial charge in [-0.3, -0.25) is 14.4 Å². The molecular weight excluding hydrogens is 437 g/mol. The highest BCUT2D eigenvalue weighted by molar-refractivity contribution is 7.92. The van der Waals surface area contributed by atoms with Crippen LogP contribution in [0.1, 0.15) is 12.0 Å². The van der Waals surface area contributed by atoms with Gasteiger partial charge in [0.05, 0.1) is 18.1 Å². The first-order chi connectivity index (χ1) is 15.3. The summed E-state index contributed by atoms with van der Waals surface area (Å²) in [7, 11) is -3.84. The van der Waals surface area contributed by atoms with E-state index in [0.29, 0.717) is 17.9 Å². The molecule has 2 aromatic rings. The molecule has 0 atom stereocenters. The molecule has 0 unspecified atom stereocenters. The van der Waals surface area contributed by atoms with Crippen molar-refractivity contribution in [3.8, 4) is 5.75 Å². The average Bonchev–Trinajstić information content (AvgIpc) is 2.78. The van der Waals surface area contributed by atoms with E-state index in [9.17, 15) is 17.6 Å². The Hall–Kier alpha value is -2.69. The van der Waals surface area contributed by atoms with Gasteiger partial charge in [-0.1, -0.05) is 0 Å². The summed E-state index contributed by atoms with van der Waals surface area (Å²) >= 11 is 0. The number of morpholine rings is 1. The second-order valence-corrected chi connectivity index (χ2v) is 9.17. The molecule has 10 heteroatoms. The molecule has 1 aliphatic rings. The van der Waals surface area contributed by atoms with Crippen LogP contribution in [0.2, 0.25) is 0 Å². The van der Waals surface area contributed by atoms with Gasteiger partial charge in [0, 0.05) is 25.3 Å². The number of amides is 1. The van der Waals surface area contributed by atoms with Crippen LogP contribution in [-0.2, 0) is 19.6 Å². The van der Waals surface area contributed by atoms with E-state index in [-0.39, 0.29) is 23.1 Å². The third-order valence-electron chi connectivity index (χ3n) is 4.99. The number of ether oxygens (including phenoxy) is 2. The Morgan fingerprint density at radius 3 is 2.56 bits per heavy atom. The number of aryl methyl sites for hydroxylation is 1. The van der Waals surface area contributed by atoms with E-state index in [1.807, 2.05) is 0 Å². The molecule has 0 saturated carbocycles. The minimum absolute atomic E-state index is 0.0410. The lowest BCUT2D eigenvalue weighted by Gasteiger charge is -2.26. The van der Waals surface area contributed by atoms with Crippen molar-refractivity contribution in [1.29, 1.82) is 0 Å². The van der Waals surface area contributed by atoms with Crippen molar-refractivity contribution in [1.82, 2.24) is 10.2 Å². The zero-order valence-electron chi connectivity index (χ0n) is 18.0. The smallest absolute Gasteiger partial charge is 0.261 e. The number of anilines is 1. The maximum Gasteiger partial charge on any atom is 0.261 e. The quantitative estimate of drug-likeness (QED) is 0.522. The van der Waals surface area contributed by atoms with Crippen LogP contribution in [0, 0.1) is 12.7 Å². The Balaban J connectivity index is 1.46. The zero-order chi connectivity index (χ0) is 23.0. The molecule has 1 heterocycles. The topological polar surface area (TPSA) is 97.0 Å².